The second kappa shape index (κ2) is 9.40. The number of pyridine rings is 1. The van der Waals surface area contributed by atoms with Gasteiger partial charge >= 0.3 is 11.9 Å². The Morgan fingerprint density at radius 2 is 1.88 bits per heavy atom. The molecule has 0 aliphatic heterocycles. The van der Waals surface area contributed by atoms with Crippen LogP contribution < -0.4 is 0 Å². The number of ketones is 2. The van der Waals surface area contributed by atoms with Crippen molar-refractivity contribution >= 4 is 35.1 Å². The summed E-state index contributed by atoms with van der Waals surface area (Å²) < 4.78 is 5.18. The average molecular weight is 386 g/mol. The van der Waals surface area contributed by atoms with Gasteiger partial charge in [-0.05, 0) is 18.4 Å². The van der Waals surface area contributed by atoms with E-state index in [2.05, 4.69) is 4.98 Å². The number of rotatable bonds is 11. The molecule has 0 spiro atoms. The van der Waals surface area contributed by atoms with Crippen molar-refractivity contribution in [3.63, 3.8) is 0 Å². The number of nitrogens with zero attached hydrogens (tertiary/aromatic N) is 1. The molecule has 8 nitrogen and oxygen atoms in total. The molecule has 0 aliphatic carbocycles. The molecule has 0 aromatic carbocycles. The minimum atomic E-state index is -2.58. The first-order chi connectivity index (χ1) is 12.1. The lowest BCUT2D eigenvalue weighted by atomic mass is 9.73. The molecule has 0 amide bonds. The van der Waals surface area contributed by atoms with Crippen LogP contribution >= 0.6 is 11.6 Å². The van der Waals surface area contributed by atoms with Gasteiger partial charge in [-0.3, -0.25) is 24.2 Å². The van der Waals surface area contributed by atoms with Crippen molar-refractivity contribution in [2.45, 2.75) is 26.7 Å². The molecule has 1 aromatic heterocycles. The topological polar surface area (TPSA) is 131 Å². The Hall–Kier alpha value is -2.32. The highest BCUT2D eigenvalue weighted by molar-refractivity contribution is 6.32. The van der Waals surface area contributed by atoms with Crippen molar-refractivity contribution in [3.8, 4) is 0 Å². The number of carbonyl (C=O) groups is 4. The number of hydrogen-bond donors (Lipinski definition) is 2. The molecule has 9 heteroatoms. The molecule has 26 heavy (non-hydrogen) atoms. The third kappa shape index (κ3) is 5.34. The van der Waals surface area contributed by atoms with Gasteiger partial charge in [0.1, 0.15) is 6.61 Å². The predicted octanol–water partition coefficient (Wildman–Crippen LogP) is 2.10. The Balaban J connectivity index is 3.28. The van der Waals surface area contributed by atoms with E-state index in [0.29, 0.717) is 0 Å². The third-order valence-corrected chi connectivity index (χ3v) is 3.80. The number of aliphatic carboxylic acids is 2. The molecular formula is C17H20ClNO7. The summed E-state index contributed by atoms with van der Waals surface area (Å²) in [5.74, 6) is -5.06. The predicted molar refractivity (Wildman–Crippen MR) is 91.2 cm³/mol. The number of halogens is 1. The Morgan fingerprint density at radius 3 is 2.38 bits per heavy atom. The first-order valence-electron chi connectivity index (χ1n) is 7.82. The smallest absolute Gasteiger partial charge is 0.325 e. The lowest BCUT2D eigenvalue weighted by Crippen LogP contribution is -2.48. The molecular weight excluding hydrogens is 366 g/mol. The van der Waals surface area contributed by atoms with E-state index in [-0.39, 0.29) is 23.1 Å². The normalized spacial score (nSPS) is 13.2. The second-order valence-electron chi connectivity index (χ2n) is 6.16. The van der Waals surface area contributed by atoms with Gasteiger partial charge in [-0.25, -0.2) is 0 Å². The largest absolute Gasteiger partial charge is 0.481 e. The zero-order valence-electron chi connectivity index (χ0n) is 14.4. The van der Waals surface area contributed by atoms with Crippen molar-refractivity contribution in [1.82, 2.24) is 4.98 Å². The van der Waals surface area contributed by atoms with E-state index >= 15 is 0 Å². The van der Waals surface area contributed by atoms with Gasteiger partial charge in [0, 0.05) is 31.0 Å². The highest BCUT2D eigenvalue weighted by atomic mass is 35.5. The molecule has 1 atom stereocenters. The van der Waals surface area contributed by atoms with Crippen LogP contribution in [0, 0.1) is 11.3 Å². The molecule has 142 valence electrons. The van der Waals surface area contributed by atoms with Crippen LogP contribution in [0.5, 0.6) is 0 Å². The molecule has 1 rings (SSSR count). The van der Waals surface area contributed by atoms with E-state index in [1.807, 2.05) is 13.8 Å². The highest BCUT2D eigenvalue weighted by Gasteiger charge is 2.52. The fourth-order valence-corrected chi connectivity index (χ4v) is 2.46. The maximum Gasteiger partial charge on any atom is 0.325 e. The summed E-state index contributed by atoms with van der Waals surface area (Å²) in [5.41, 5.74) is -2.77. The van der Waals surface area contributed by atoms with Crippen LogP contribution in [0.25, 0.3) is 0 Å². The van der Waals surface area contributed by atoms with Gasteiger partial charge in [-0.1, -0.05) is 25.4 Å². The molecule has 0 aliphatic rings. The van der Waals surface area contributed by atoms with E-state index in [1.165, 1.54) is 12.3 Å². The highest BCUT2D eigenvalue weighted by Crippen LogP contribution is 2.32. The molecule has 0 radical (unpaired) electrons. The summed E-state index contributed by atoms with van der Waals surface area (Å²) in [6.45, 7) is 3.24. The van der Waals surface area contributed by atoms with Crippen molar-refractivity contribution in [3.05, 3.63) is 29.0 Å². The van der Waals surface area contributed by atoms with Crippen LogP contribution in [-0.4, -0.2) is 51.9 Å². The molecule has 0 fully saturated rings. The van der Waals surface area contributed by atoms with Gasteiger partial charge in [0.2, 0.25) is 0 Å². The number of hydrogen-bond acceptors (Lipinski definition) is 6. The van der Waals surface area contributed by atoms with E-state index in [1.54, 1.807) is 0 Å². The lowest BCUT2D eigenvalue weighted by Gasteiger charge is -2.26. The van der Waals surface area contributed by atoms with Crippen LogP contribution in [0.3, 0.4) is 0 Å². The Bertz CT molecular complexity index is 704. The standard InChI is InChI=1S/C17H20ClNO7/c1-10(2)8-26-9-13(20)17(16(24)25,4-3-14(21)22)15(23)11-5-12(18)7-19-6-11/h5-7,10H,3-4,8-9H2,1-2H3,(H,21,22)(H,24,25). The van der Waals surface area contributed by atoms with Gasteiger partial charge in [0.25, 0.3) is 0 Å². The first-order valence-corrected chi connectivity index (χ1v) is 8.20. The fourth-order valence-electron chi connectivity index (χ4n) is 2.29. The summed E-state index contributed by atoms with van der Waals surface area (Å²) in [4.78, 5) is 52.1. The summed E-state index contributed by atoms with van der Waals surface area (Å²) >= 11 is 5.78. The molecule has 1 unspecified atom stereocenters. The van der Waals surface area contributed by atoms with Gasteiger partial charge in [0.05, 0.1) is 5.02 Å². The van der Waals surface area contributed by atoms with E-state index < -0.39 is 48.4 Å². The average Bonchev–Trinajstić information content (AvgIpc) is 2.54. The summed E-state index contributed by atoms with van der Waals surface area (Å²) in [6, 6.07) is 1.18. The number of carboxylic acid groups (broad SMARTS) is 2. The van der Waals surface area contributed by atoms with Crippen LogP contribution in [0.4, 0.5) is 0 Å². The van der Waals surface area contributed by atoms with E-state index in [4.69, 9.17) is 21.4 Å². The third-order valence-electron chi connectivity index (χ3n) is 3.59. The van der Waals surface area contributed by atoms with Crippen molar-refractivity contribution in [1.29, 1.82) is 0 Å². The van der Waals surface area contributed by atoms with Gasteiger partial charge in [-0.2, -0.15) is 0 Å². The van der Waals surface area contributed by atoms with Crippen LogP contribution in [0.15, 0.2) is 18.5 Å². The maximum absolute atomic E-state index is 12.9. The zero-order chi connectivity index (χ0) is 19.9. The van der Waals surface area contributed by atoms with Crippen molar-refractivity contribution in [2.75, 3.05) is 13.2 Å². The monoisotopic (exact) mass is 385 g/mol. The molecule has 2 N–H and O–H groups in total. The molecule has 1 aromatic rings. The fraction of sp³-hybridized carbons (Fsp3) is 0.471. The number of carboxylic acids is 2. The van der Waals surface area contributed by atoms with E-state index in [9.17, 15) is 24.3 Å². The summed E-state index contributed by atoms with van der Waals surface area (Å²) in [7, 11) is 0. The SMILES string of the molecule is CC(C)COCC(=O)C(CCC(=O)O)(C(=O)O)C(=O)c1cncc(Cl)c1. The minimum Gasteiger partial charge on any atom is -0.481 e. The summed E-state index contributed by atoms with van der Waals surface area (Å²) in [6.07, 6.45) is 0.940. The Kier molecular flexibility index (Phi) is 7.85. The Morgan fingerprint density at radius 1 is 1.23 bits per heavy atom. The lowest BCUT2D eigenvalue weighted by molar-refractivity contribution is -0.154. The minimum absolute atomic E-state index is 0.0804. The number of ether oxygens (including phenoxy) is 1. The molecule has 0 saturated carbocycles. The van der Waals surface area contributed by atoms with Crippen LogP contribution in [-0.2, 0) is 19.1 Å². The summed E-state index contributed by atoms with van der Waals surface area (Å²) in [5, 5.41) is 18.7. The van der Waals surface area contributed by atoms with Crippen molar-refractivity contribution in [2.24, 2.45) is 11.3 Å². The van der Waals surface area contributed by atoms with Gasteiger partial charge in [-0.15, -0.1) is 0 Å². The number of carbonyl (C=O) groups excluding carboxylic acids is 2. The van der Waals surface area contributed by atoms with Crippen molar-refractivity contribution < 1.29 is 34.1 Å². The van der Waals surface area contributed by atoms with Gasteiger partial charge in [0.15, 0.2) is 17.0 Å². The number of Topliss-reactive ketones (excluding diaryl/α,β-unsaturated/α-hetero) is 2. The second-order valence-corrected chi connectivity index (χ2v) is 6.59. The quantitative estimate of drug-likeness (QED) is 0.437. The maximum atomic E-state index is 12.9. The Labute approximate surface area is 155 Å². The number of aromatic nitrogens is 1. The first kappa shape index (κ1) is 21.7. The van der Waals surface area contributed by atoms with Crippen LogP contribution in [0.2, 0.25) is 5.02 Å². The van der Waals surface area contributed by atoms with Gasteiger partial charge < -0.3 is 14.9 Å². The molecule has 0 bridgehead atoms. The zero-order valence-corrected chi connectivity index (χ0v) is 15.2. The molecule has 1 heterocycles. The van der Waals surface area contributed by atoms with Crippen LogP contribution in [0.1, 0.15) is 37.0 Å². The molecule has 0 saturated heterocycles. The van der Waals surface area contributed by atoms with E-state index in [0.717, 1.165) is 6.20 Å².